The van der Waals surface area contributed by atoms with Crippen molar-refractivity contribution in [1.29, 1.82) is 0 Å². The van der Waals surface area contributed by atoms with E-state index in [1.54, 1.807) is 0 Å². The fraction of sp³-hybridized carbons (Fsp3) is 0.625. The van der Waals surface area contributed by atoms with Gasteiger partial charge in [0.25, 0.3) is 0 Å². The second-order valence-electron chi connectivity index (χ2n) is 5.69. The molecule has 1 saturated carbocycles. The monoisotopic (exact) mass is 231 g/mol. The van der Waals surface area contributed by atoms with Gasteiger partial charge < -0.3 is 5.32 Å². The van der Waals surface area contributed by atoms with Crippen LogP contribution in [0.5, 0.6) is 0 Å². The second kappa shape index (κ2) is 5.22. The Morgan fingerprint density at radius 2 is 1.76 bits per heavy atom. The third-order valence-corrected chi connectivity index (χ3v) is 4.23. The molecular weight excluding hydrogens is 206 g/mol. The number of benzene rings is 1. The molecule has 94 valence electrons. The predicted octanol–water partition coefficient (Wildman–Crippen LogP) is 4.06. The molecule has 2 rings (SSSR count). The van der Waals surface area contributed by atoms with Crippen molar-refractivity contribution >= 4 is 0 Å². The van der Waals surface area contributed by atoms with Gasteiger partial charge in [0, 0.05) is 6.04 Å². The molecule has 1 unspecified atom stereocenters. The molecule has 1 aromatic carbocycles. The highest BCUT2D eigenvalue weighted by Gasteiger charge is 2.23. The summed E-state index contributed by atoms with van der Waals surface area (Å²) in [6.45, 7) is 6.69. The van der Waals surface area contributed by atoms with Crippen LogP contribution in [0, 0.1) is 26.7 Å². The summed E-state index contributed by atoms with van der Waals surface area (Å²) in [5, 5.41) is 3.52. The van der Waals surface area contributed by atoms with Crippen LogP contribution in [0.4, 0.5) is 0 Å². The Kier molecular flexibility index (Phi) is 3.88. The largest absolute Gasteiger partial charge is 0.313 e. The van der Waals surface area contributed by atoms with Gasteiger partial charge in [-0.05, 0) is 56.8 Å². The number of aryl methyl sites for hydroxylation is 3. The molecule has 0 aromatic heterocycles. The van der Waals surface area contributed by atoms with E-state index in [9.17, 15) is 0 Å². The maximum atomic E-state index is 3.52. The highest BCUT2D eigenvalue weighted by molar-refractivity contribution is 5.39. The first-order valence-corrected chi connectivity index (χ1v) is 6.87. The molecule has 1 aliphatic carbocycles. The summed E-state index contributed by atoms with van der Waals surface area (Å²) in [7, 11) is 2.10. The minimum absolute atomic E-state index is 0.542. The van der Waals surface area contributed by atoms with E-state index >= 15 is 0 Å². The minimum Gasteiger partial charge on any atom is -0.313 e. The molecule has 0 bridgehead atoms. The van der Waals surface area contributed by atoms with Gasteiger partial charge in [0.15, 0.2) is 0 Å². The normalized spacial score (nSPS) is 17.9. The van der Waals surface area contributed by atoms with Crippen LogP contribution in [0.3, 0.4) is 0 Å². The average Bonchev–Trinajstić information content (AvgIpc) is 2.18. The topological polar surface area (TPSA) is 12.0 Å². The van der Waals surface area contributed by atoms with Gasteiger partial charge in [-0.1, -0.05) is 37.0 Å². The van der Waals surface area contributed by atoms with E-state index in [4.69, 9.17) is 0 Å². The molecule has 0 spiro atoms. The standard InChI is InChI=1S/C16H25N/c1-11-8-12(2)16(13(3)9-11)15(17-4)10-14-6-5-7-14/h8-9,14-15,17H,5-7,10H2,1-4H3. The van der Waals surface area contributed by atoms with Crippen LogP contribution in [-0.2, 0) is 0 Å². The van der Waals surface area contributed by atoms with Crippen molar-refractivity contribution in [3.05, 3.63) is 34.4 Å². The lowest BCUT2D eigenvalue weighted by Gasteiger charge is -2.31. The van der Waals surface area contributed by atoms with E-state index in [0.717, 1.165) is 5.92 Å². The van der Waals surface area contributed by atoms with Crippen molar-refractivity contribution in [1.82, 2.24) is 5.32 Å². The number of hydrogen-bond donors (Lipinski definition) is 1. The highest BCUT2D eigenvalue weighted by Crippen LogP contribution is 2.36. The maximum absolute atomic E-state index is 3.52. The summed E-state index contributed by atoms with van der Waals surface area (Å²) in [6.07, 6.45) is 5.61. The van der Waals surface area contributed by atoms with Gasteiger partial charge in [0.1, 0.15) is 0 Å². The Bertz CT molecular complexity index is 368. The van der Waals surface area contributed by atoms with E-state index in [1.165, 1.54) is 47.9 Å². The zero-order valence-corrected chi connectivity index (χ0v) is 11.6. The molecule has 1 N–H and O–H groups in total. The van der Waals surface area contributed by atoms with Gasteiger partial charge in [0.05, 0.1) is 0 Å². The molecule has 0 heterocycles. The first-order valence-electron chi connectivity index (χ1n) is 6.87. The third kappa shape index (κ3) is 2.71. The van der Waals surface area contributed by atoms with E-state index in [0.29, 0.717) is 6.04 Å². The fourth-order valence-electron chi connectivity index (χ4n) is 3.18. The molecule has 0 saturated heterocycles. The number of hydrogen-bond acceptors (Lipinski definition) is 1. The zero-order chi connectivity index (χ0) is 12.4. The van der Waals surface area contributed by atoms with Crippen molar-refractivity contribution in [2.75, 3.05) is 7.05 Å². The molecule has 1 fully saturated rings. The van der Waals surface area contributed by atoms with Crippen molar-refractivity contribution in [3.8, 4) is 0 Å². The molecule has 1 heteroatoms. The second-order valence-corrected chi connectivity index (χ2v) is 5.69. The summed E-state index contributed by atoms with van der Waals surface area (Å²) in [5.41, 5.74) is 5.80. The van der Waals surface area contributed by atoms with Gasteiger partial charge >= 0.3 is 0 Å². The molecule has 0 aliphatic heterocycles. The first kappa shape index (κ1) is 12.6. The fourth-order valence-corrected chi connectivity index (χ4v) is 3.18. The lowest BCUT2D eigenvalue weighted by atomic mass is 9.78. The molecule has 0 radical (unpaired) electrons. The molecule has 17 heavy (non-hydrogen) atoms. The van der Waals surface area contributed by atoms with Crippen molar-refractivity contribution in [2.45, 2.75) is 52.5 Å². The average molecular weight is 231 g/mol. The van der Waals surface area contributed by atoms with Crippen LogP contribution < -0.4 is 5.32 Å². The molecule has 1 nitrogen and oxygen atoms in total. The number of rotatable bonds is 4. The summed E-state index contributed by atoms with van der Waals surface area (Å²) in [4.78, 5) is 0. The molecule has 1 aromatic rings. The van der Waals surface area contributed by atoms with E-state index < -0.39 is 0 Å². The maximum Gasteiger partial charge on any atom is 0.0325 e. The Morgan fingerprint density at radius 3 is 2.18 bits per heavy atom. The summed E-state index contributed by atoms with van der Waals surface area (Å²) in [5.74, 6) is 0.951. The zero-order valence-electron chi connectivity index (χ0n) is 11.6. The van der Waals surface area contributed by atoms with E-state index in [1.807, 2.05) is 0 Å². The first-order chi connectivity index (χ1) is 8.11. The van der Waals surface area contributed by atoms with Crippen LogP contribution in [0.15, 0.2) is 12.1 Å². The molecule has 1 atom stereocenters. The van der Waals surface area contributed by atoms with Crippen LogP contribution in [-0.4, -0.2) is 7.05 Å². The smallest absolute Gasteiger partial charge is 0.0325 e. The van der Waals surface area contributed by atoms with Crippen LogP contribution in [0.1, 0.15) is 54.0 Å². The van der Waals surface area contributed by atoms with Gasteiger partial charge in [-0.3, -0.25) is 0 Å². The number of nitrogens with one attached hydrogen (secondary N) is 1. The van der Waals surface area contributed by atoms with Gasteiger partial charge in [-0.15, -0.1) is 0 Å². The van der Waals surface area contributed by atoms with Gasteiger partial charge in [0.2, 0.25) is 0 Å². The van der Waals surface area contributed by atoms with Crippen molar-refractivity contribution < 1.29 is 0 Å². The van der Waals surface area contributed by atoms with Crippen LogP contribution in [0.25, 0.3) is 0 Å². The lowest BCUT2D eigenvalue weighted by Crippen LogP contribution is -2.24. The van der Waals surface area contributed by atoms with Crippen molar-refractivity contribution in [3.63, 3.8) is 0 Å². The predicted molar refractivity (Wildman–Crippen MR) is 74.4 cm³/mol. The highest BCUT2D eigenvalue weighted by atomic mass is 14.9. The van der Waals surface area contributed by atoms with Gasteiger partial charge in [-0.25, -0.2) is 0 Å². The van der Waals surface area contributed by atoms with Crippen LogP contribution >= 0.6 is 0 Å². The summed E-state index contributed by atoms with van der Waals surface area (Å²) < 4.78 is 0. The summed E-state index contributed by atoms with van der Waals surface area (Å²) >= 11 is 0. The summed E-state index contributed by atoms with van der Waals surface area (Å²) in [6, 6.07) is 5.17. The molecule has 1 aliphatic rings. The Balaban J connectivity index is 2.22. The lowest BCUT2D eigenvalue weighted by molar-refractivity contribution is 0.265. The van der Waals surface area contributed by atoms with Crippen molar-refractivity contribution in [2.24, 2.45) is 5.92 Å². The van der Waals surface area contributed by atoms with Crippen LogP contribution in [0.2, 0.25) is 0 Å². The SMILES string of the molecule is CNC(CC1CCC1)c1c(C)cc(C)cc1C. The Labute approximate surface area is 106 Å². The van der Waals surface area contributed by atoms with E-state index in [-0.39, 0.29) is 0 Å². The molecule has 0 amide bonds. The third-order valence-electron chi connectivity index (χ3n) is 4.23. The Hall–Kier alpha value is -0.820. The Morgan fingerprint density at radius 1 is 1.18 bits per heavy atom. The minimum atomic E-state index is 0.542. The van der Waals surface area contributed by atoms with E-state index in [2.05, 4.69) is 45.3 Å². The van der Waals surface area contributed by atoms with Gasteiger partial charge in [-0.2, -0.15) is 0 Å². The quantitative estimate of drug-likeness (QED) is 0.824. The molecular formula is C16H25N.